The Kier molecular flexibility index (Phi) is 7.31. The molecule has 0 unspecified atom stereocenters. The molecule has 0 bridgehead atoms. The molecule has 0 fully saturated rings. The Hall–Kier alpha value is -1.99. The van der Waals surface area contributed by atoms with E-state index in [9.17, 15) is 4.79 Å². The standard InChI is InChI=1S/C20H30N2O2/c1-19(2,3)22-15-17-12-10-16(11-13-17)9-7-8-14-21-18(23)24-20(4,5)6/h10-13,22H,8,14-15H2,1-6H3,(H,21,23). The second-order valence-corrected chi connectivity index (χ2v) is 7.78. The highest BCUT2D eigenvalue weighted by Crippen LogP contribution is 2.07. The number of benzene rings is 1. The predicted octanol–water partition coefficient (Wildman–Crippen LogP) is 3.84. The number of carbonyl (C=O) groups excluding carboxylic acids is 1. The van der Waals surface area contributed by atoms with Gasteiger partial charge in [0, 0.05) is 30.6 Å². The zero-order chi connectivity index (χ0) is 18.2. The molecule has 4 heteroatoms. The zero-order valence-corrected chi connectivity index (χ0v) is 15.7. The van der Waals surface area contributed by atoms with Crippen molar-refractivity contribution in [3.8, 4) is 11.8 Å². The molecule has 0 saturated carbocycles. The van der Waals surface area contributed by atoms with E-state index in [1.54, 1.807) is 0 Å². The summed E-state index contributed by atoms with van der Waals surface area (Å²) in [5, 5.41) is 6.15. The summed E-state index contributed by atoms with van der Waals surface area (Å²) in [6, 6.07) is 8.21. The van der Waals surface area contributed by atoms with Gasteiger partial charge >= 0.3 is 6.09 Å². The Morgan fingerprint density at radius 1 is 1.08 bits per heavy atom. The van der Waals surface area contributed by atoms with Crippen molar-refractivity contribution in [3.63, 3.8) is 0 Å². The molecule has 132 valence electrons. The second kappa shape index (κ2) is 8.75. The van der Waals surface area contributed by atoms with Crippen molar-refractivity contribution in [2.75, 3.05) is 6.54 Å². The number of ether oxygens (including phenoxy) is 1. The summed E-state index contributed by atoms with van der Waals surface area (Å²) >= 11 is 0. The Morgan fingerprint density at radius 3 is 2.25 bits per heavy atom. The molecule has 0 aliphatic heterocycles. The Bertz CT molecular complexity index is 581. The molecule has 24 heavy (non-hydrogen) atoms. The van der Waals surface area contributed by atoms with Gasteiger partial charge in [-0.15, -0.1) is 0 Å². The number of alkyl carbamates (subject to hydrolysis) is 1. The molecule has 4 nitrogen and oxygen atoms in total. The number of rotatable bonds is 4. The van der Waals surface area contributed by atoms with E-state index in [1.165, 1.54) is 5.56 Å². The SMILES string of the molecule is CC(C)(C)NCc1ccc(C#CCCNC(=O)OC(C)(C)C)cc1. The van der Waals surface area contributed by atoms with E-state index in [1.807, 2.05) is 32.9 Å². The molecule has 0 spiro atoms. The normalized spacial score (nSPS) is 11.4. The van der Waals surface area contributed by atoms with Crippen molar-refractivity contribution in [1.82, 2.24) is 10.6 Å². The van der Waals surface area contributed by atoms with Crippen LogP contribution in [0.1, 0.15) is 59.1 Å². The molecule has 0 aliphatic carbocycles. The van der Waals surface area contributed by atoms with Crippen molar-refractivity contribution in [2.24, 2.45) is 0 Å². The molecule has 0 aliphatic rings. The fraction of sp³-hybridized carbons (Fsp3) is 0.550. The summed E-state index contributed by atoms with van der Waals surface area (Å²) in [4.78, 5) is 11.5. The van der Waals surface area contributed by atoms with Crippen LogP contribution in [0, 0.1) is 11.8 Å². The van der Waals surface area contributed by atoms with Crippen LogP contribution in [0.3, 0.4) is 0 Å². The summed E-state index contributed by atoms with van der Waals surface area (Å²) in [5.41, 5.74) is 1.85. The summed E-state index contributed by atoms with van der Waals surface area (Å²) in [7, 11) is 0. The van der Waals surface area contributed by atoms with Crippen molar-refractivity contribution < 1.29 is 9.53 Å². The molecule has 0 radical (unpaired) electrons. The van der Waals surface area contributed by atoms with E-state index in [2.05, 4.69) is 55.4 Å². The minimum absolute atomic E-state index is 0.111. The van der Waals surface area contributed by atoms with Gasteiger partial charge in [0.25, 0.3) is 0 Å². The zero-order valence-electron chi connectivity index (χ0n) is 15.7. The van der Waals surface area contributed by atoms with Crippen LogP contribution in [0.4, 0.5) is 4.79 Å². The van der Waals surface area contributed by atoms with Crippen LogP contribution in [0.2, 0.25) is 0 Å². The molecule has 1 rings (SSSR count). The van der Waals surface area contributed by atoms with Gasteiger partial charge in [-0.3, -0.25) is 0 Å². The topological polar surface area (TPSA) is 50.4 Å². The first-order valence-electron chi connectivity index (χ1n) is 8.35. The van der Waals surface area contributed by atoms with Crippen LogP contribution in [0.25, 0.3) is 0 Å². The fourth-order valence-corrected chi connectivity index (χ4v) is 1.78. The Balaban J connectivity index is 2.35. The monoisotopic (exact) mass is 330 g/mol. The highest BCUT2D eigenvalue weighted by molar-refractivity contribution is 5.67. The van der Waals surface area contributed by atoms with Gasteiger partial charge in [0.2, 0.25) is 0 Å². The molecular formula is C20H30N2O2. The van der Waals surface area contributed by atoms with Gasteiger partial charge in [0.15, 0.2) is 0 Å². The Labute approximate surface area is 146 Å². The average molecular weight is 330 g/mol. The average Bonchev–Trinajstić information content (AvgIpc) is 2.43. The van der Waals surface area contributed by atoms with E-state index >= 15 is 0 Å². The number of hydrogen-bond donors (Lipinski definition) is 2. The summed E-state index contributed by atoms with van der Waals surface area (Å²) in [6.45, 7) is 13.3. The van der Waals surface area contributed by atoms with Gasteiger partial charge < -0.3 is 15.4 Å². The number of amides is 1. The van der Waals surface area contributed by atoms with Crippen LogP contribution in [-0.2, 0) is 11.3 Å². The Morgan fingerprint density at radius 2 is 1.71 bits per heavy atom. The largest absolute Gasteiger partial charge is 0.444 e. The van der Waals surface area contributed by atoms with Crippen molar-refractivity contribution >= 4 is 6.09 Å². The van der Waals surface area contributed by atoms with Crippen LogP contribution in [0.15, 0.2) is 24.3 Å². The lowest BCUT2D eigenvalue weighted by Gasteiger charge is -2.20. The molecule has 0 saturated heterocycles. The number of hydrogen-bond acceptors (Lipinski definition) is 3. The molecular weight excluding hydrogens is 300 g/mol. The summed E-state index contributed by atoms with van der Waals surface area (Å²) in [5.74, 6) is 6.16. The maximum Gasteiger partial charge on any atom is 0.407 e. The van der Waals surface area contributed by atoms with E-state index < -0.39 is 11.7 Å². The van der Waals surface area contributed by atoms with Crippen molar-refractivity contribution in [2.45, 2.75) is 65.6 Å². The lowest BCUT2D eigenvalue weighted by atomic mass is 10.1. The fourth-order valence-electron chi connectivity index (χ4n) is 1.78. The molecule has 1 aromatic rings. The minimum Gasteiger partial charge on any atom is -0.444 e. The van der Waals surface area contributed by atoms with Gasteiger partial charge in [-0.05, 0) is 59.2 Å². The molecule has 1 amide bonds. The first-order valence-corrected chi connectivity index (χ1v) is 8.35. The van der Waals surface area contributed by atoms with E-state index in [4.69, 9.17) is 4.74 Å². The highest BCUT2D eigenvalue weighted by atomic mass is 16.6. The minimum atomic E-state index is -0.473. The van der Waals surface area contributed by atoms with Crippen molar-refractivity contribution in [3.05, 3.63) is 35.4 Å². The predicted molar refractivity (Wildman–Crippen MR) is 98.8 cm³/mol. The quantitative estimate of drug-likeness (QED) is 0.651. The summed E-state index contributed by atoms with van der Waals surface area (Å²) in [6.07, 6.45) is 0.187. The van der Waals surface area contributed by atoms with E-state index in [0.29, 0.717) is 13.0 Å². The van der Waals surface area contributed by atoms with E-state index in [0.717, 1.165) is 12.1 Å². The molecule has 0 aromatic heterocycles. The molecule has 1 aromatic carbocycles. The van der Waals surface area contributed by atoms with Gasteiger partial charge in [0.1, 0.15) is 5.60 Å². The third-order valence-corrected chi connectivity index (χ3v) is 2.93. The number of nitrogens with one attached hydrogen (secondary N) is 2. The van der Waals surface area contributed by atoms with Crippen LogP contribution in [0.5, 0.6) is 0 Å². The maximum atomic E-state index is 11.5. The van der Waals surface area contributed by atoms with Crippen LogP contribution in [-0.4, -0.2) is 23.8 Å². The third-order valence-electron chi connectivity index (χ3n) is 2.93. The van der Waals surface area contributed by atoms with Crippen LogP contribution >= 0.6 is 0 Å². The van der Waals surface area contributed by atoms with E-state index in [-0.39, 0.29) is 5.54 Å². The maximum absolute atomic E-state index is 11.5. The van der Waals surface area contributed by atoms with Crippen molar-refractivity contribution in [1.29, 1.82) is 0 Å². The molecule has 0 heterocycles. The summed E-state index contributed by atoms with van der Waals surface area (Å²) < 4.78 is 5.16. The lowest BCUT2D eigenvalue weighted by molar-refractivity contribution is 0.0529. The first kappa shape index (κ1) is 20.1. The van der Waals surface area contributed by atoms with Gasteiger partial charge in [-0.2, -0.15) is 0 Å². The lowest BCUT2D eigenvalue weighted by Crippen LogP contribution is -2.35. The van der Waals surface area contributed by atoms with Gasteiger partial charge in [-0.25, -0.2) is 4.79 Å². The smallest absolute Gasteiger partial charge is 0.407 e. The molecule has 2 N–H and O–H groups in total. The van der Waals surface area contributed by atoms with Crippen LogP contribution < -0.4 is 10.6 Å². The van der Waals surface area contributed by atoms with Gasteiger partial charge in [-0.1, -0.05) is 24.0 Å². The number of carbonyl (C=O) groups is 1. The van der Waals surface area contributed by atoms with Gasteiger partial charge in [0.05, 0.1) is 0 Å². The first-order chi connectivity index (χ1) is 11.1. The second-order valence-electron chi connectivity index (χ2n) is 7.78. The third kappa shape index (κ3) is 9.91. The molecule has 0 atom stereocenters. The highest BCUT2D eigenvalue weighted by Gasteiger charge is 2.15.